The molecule has 8 rings (SSSR count). The predicted molar refractivity (Wildman–Crippen MR) is 245 cm³/mol. The van der Waals surface area contributed by atoms with Crippen LogP contribution in [0.5, 0.6) is 0 Å². The van der Waals surface area contributed by atoms with Crippen LogP contribution in [0.1, 0.15) is 126 Å². The number of fused-ring (bicyclic) bond motifs is 7. The van der Waals surface area contributed by atoms with Gasteiger partial charge in [-0.3, -0.25) is 9.59 Å². The zero-order valence-corrected chi connectivity index (χ0v) is 38.7. The lowest BCUT2D eigenvalue weighted by molar-refractivity contribution is -0.261. The Morgan fingerprint density at radius 2 is 1.29 bits per heavy atom. The van der Waals surface area contributed by atoms with Crippen LogP contribution in [0.3, 0.4) is 0 Å². The number of esters is 2. The summed E-state index contributed by atoms with van der Waals surface area (Å²) in [6.45, 7) is 19.4. The molecule has 0 aliphatic heterocycles. The number of ether oxygens (including phenoxy) is 2. The Morgan fingerprint density at radius 1 is 0.712 bits per heavy atom. The average Bonchev–Trinajstić information content (AvgIpc) is 3.63. The van der Waals surface area contributed by atoms with E-state index in [-0.39, 0.29) is 51.0 Å². The van der Waals surface area contributed by atoms with Crippen molar-refractivity contribution in [3.63, 3.8) is 0 Å². The van der Waals surface area contributed by atoms with Crippen LogP contribution >= 0.6 is 7.26 Å². The summed E-state index contributed by atoms with van der Waals surface area (Å²) in [4.78, 5) is 26.9. The van der Waals surface area contributed by atoms with Crippen LogP contribution in [-0.4, -0.2) is 31.3 Å². The molecule has 0 saturated heterocycles. The molecular weight excluding hydrogens is 744 g/mol. The van der Waals surface area contributed by atoms with E-state index < -0.39 is 7.26 Å². The molecule has 0 spiro atoms. The normalized spacial score (nSPS) is 37.4. The molecule has 0 bridgehead atoms. The first-order valence-corrected chi connectivity index (χ1v) is 25.4. The number of hydrogen-bond acceptors (Lipinski definition) is 4. The Balaban J connectivity index is 1.14. The second-order valence-corrected chi connectivity index (χ2v) is 25.4. The van der Waals surface area contributed by atoms with E-state index in [2.05, 4.69) is 139 Å². The largest absolute Gasteiger partial charge is 0.469 e. The molecule has 1 unspecified atom stereocenters. The summed E-state index contributed by atoms with van der Waals surface area (Å²) in [5, 5.41) is 4.30. The first-order chi connectivity index (χ1) is 28.1. The lowest BCUT2D eigenvalue weighted by atomic mass is 9.31. The van der Waals surface area contributed by atoms with Gasteiger partial charge in [0, 0.05) is 12.3 Å². The van der Waals surface area contributed by atoms with Gasteiger partial charge in [-0.05, 0) is 165 Å². The number of methoxy groups -OCH3 is 1. The monoisotopic (exact) mass is 818 g/mol. The Kier molecular flexibility index (Phi) is 11.4. The number of carbonyl (C=O) groups excluding carboxylic acids is 2. The van der Waals surface area contributed by atoms with Crippen LogP contribution in [0.15, 0.2) is 91.0 Å². The van der Waals surface area contributed by atoms with Crippen LogP contribution in [-0.2, 0) is 19.1 Å². The van der Waals surface area contributed by atoms with Crippen LogP contribution in [0, 0.1) is 68.5 Å². The fourth-order valence-electron chi connectivity index (χ4n) is 16.5. The Morgan fingerprint density at radius 3 is 1.81 bits per heavy atom. The summed E-state index contributed by atoms with van der Waals surface area (Å²) in [5.41, 5.74) is 0.0106. The summed E-state index contributed by atoms with van der Waals surface area (Å²) >= 11 is 0. The minimum absolute atomic E-state index is 0.0716. The first kappa shape index (κ1) is 42.7. The standard InChI is InChI=1S/C54H74O4P/c1-37(2)43-29-32-54(49(56)57-9)34-33-52(7)44(47(43)54)27-28-46-51(6)36-39(48(58-38(3)55)50(4,5)45(51)30-31-53(46,52)8)20-19-35-59(40-21-13-10-14-22-40,41-23-15-11-16-24-41)42-25-17-12-18-26-42/h10-18,21-26,37,39,43-48H,19-20,27-36H2,1-9H3/q+1/t39?,43-,44+,45-,46+,47+,48-,51-,52+,53+,54-/m0/s1. The third-order valence-corrected chi connectivity index (χ3v) is 23.4. The molecule has 0 aromatic heterocycles. The van der Waals surface area contributed by atoms with Crippen molar-refractivity contribution in [2.75, 3.05) is 13.3 Å². The second-order valence-electron chi connectivity index (χ2n) is 21.8. The summed E-state index contributed by atoms with van der Waals surface area (Å²) in [6.07, 6.45) is 13.3. The first-order valence-electron chi connectivity index (χ1n) is 23.4. The van der Waals surface area contributed by atoms with Crippen LogP contribution in [0.25, 0.3) is 0 Å². The van der Waals surface area contributed by atoms with Crippen molar-refractivity contribution >= 4 is 35.1 Å². The minimum Gasteiger partial charge on any atom is -0.469 e. The highest BCUT2D eigenvalue weighted by molar-refractivity contribution is 7.95. The van der Waals surface area contributed by atoms with Crippen molar-refractivity contribution < 1.29 is 19.1 Å². The number of hydrogen-bond donors (Lipinski definition) is 0. The van der Waals surface area contributed by atoms with E-state index in [0.29, 0.717) is 35.5 Å². The van der Waals surface area contributed by atoms with Gasteiger partial charge in [0.2, 0.25) is 0 Å². The summed E-state index contributed by atoms with van der Waals surface area (Å²) in [5.74, 6) is 3.37. The van der Waals surface area contributed by atoms with E-state index in [9.17, 15) is 9.59 Å². The van der Waals surface area contributed by atoms with Gasteiger partial charge in [0.1, 0.15) is 29.3 Å². The minimum atomic E-state index is -1.98. The third kappa shape index (κ3) is 6.52. The van der Waals surface area contributed by atoms with Crippen molar-refractivity contribution in [2.45, 2.75) is 132 Å². The highest BCUT2D eigenvalue weighted by atomic mass is 31.2. The molecule has 5 heteroatoms. The maximum atomic E-state index is 13.9. The predicted octanol–water partition coefficient (Wildman–Crippen LogP) is 11.8. The Hall–Kier alpha value is -2.97. The number of rotatable bonds is 10. The second kappa shape index (κ2) is 15.7. The van der Waals surface area contributed by atoms with Crippen molar-refractivity contribution in [2.24, 2.45) is 68.5 Å². The molecule has 5 fully saturated rings. The number of benzene rings is 3. The van der Waals surface area contributed by atoms with Crippen molar-refractivity contribution in [1.29, 1.82) is 0 Å². The van der Waals surface area contributed by atoms with E-state index in [1.165, 1.54) is 41.6 Å². The highest BCUT2D eigenvalue weighted by Crippen LogP contribution is 2.78. The summed E-state index contributed by atoms with van der Waals surface area (Å²) < 4.78 is 12.2. The molecule has 3 aromatic carbocycles. The Bertz CT molecular complexity index is 1860. The van der Waals surface area contributed by atoms with Gasteiger partial charge in [-0.15, -0.1) is 0 Å². The molecule has 0 heterocycles. The maximum Gasteiger partial charge on any atom is 0.312 e. The molecule has 318 valence electrons. The molecule has 0 N–H and O–H groups in total. The molecule has 0 radical (unpaired) electrons. The Labute approximate surface area is 357 Å². The van der Waals surface area contributed by atoms with Gasteiger partial charge in [0.05, 0.1) is 18.7 Å². The van der Waals surface area contributed by atoms with Crippen LogP contribution in [0.2, 0.25) is 0 Å². The molecule has 5 saturated carbocycles. The molecule has 59 heavy (non-hydrogen) atoms. The topological polar surface area (TPSA) is 52.6 Å². The molecule has 5 aliphatic rings. The van der Waals surface area contributed by atoms with E-state index in [1.54, 1.807) is 14.0 Å². The van der Waals surface area contributed by atoms with Gasteiger partial charge in [-0.25, -0.2) is 0 Å². The molecule has 5 aliphatic carbocycles. The van der Waals surface area contributed by atoms with Gasteiger partial charge in [-0.1, -0.05) is 103 Å². The highest BCUT2D eigenvalue weighted by Gasteiger charge is 2.73. The summed E-state index contributed by atoms with van der Waals surface area (Å²) in [6, 6.07) is 33.9. The summed E-state index contributed by atoms with van der Waals surface area (Å²) in [7, 11) is -0.356. The smallest absolute Gasteiger partial charge is 0.312 e. The molecular formula is C54H74O4P+. The maximum absolute atomic E-state index is 13.9. The quantitative estimate of drug-likeness (QED) is 0.151. The van der Waals surface area contributed by atoms with Gasteiger partial charge in [0.15, 0.2) is 0 Å². The van der Waals surface area contributed by atoms with Crippen molar-refractivity contribution in [3.8, 4) is 0 Å². The van der Waals surface area contributed by atoms with E-state index in [0.717, 1.165) is 51.1 Å². The van der Waals surface area contributed by atoms with E-state index in [4.69, 9.17) is 9.47 Å². The fraction of sp³-hybridized carbons (Fsp3) is 0.630. The SMILES string of the molecule is COC(=O)[C@]12CC[C@@H](C(C)C)[C@@H]1[C@H]1CC[C@@H]3[C@@]4(C)CC(CCC[P+](c5ccccc5)(c5ccccc5)c5ccccc5)[C@H](OC(C)=O)C(C)(C)[C@@H]4CC[C@@]3(C)[C@]1(C)CC2. The third-order valence-electron chi connectivity index (χ3n) is 18.9. The molecule has 4 nitrogen and oxygen atoms in total. The van der Waals surface area contributed by atoms with Crippen molar-refractivity contribution in [3.05, 3.63) is 91.0 Å². The van der Waals surface area contributed by atoms with Gasteiger partial charge >= 0.3 is 11.9 Å². The van der Waals surface area contributed by atoms with Gasteiger partial charge in [0.25, 0.3) is 0 Å². The van der Waals surface area contributed by atoms with Crippen LogP contribution in [0.4, 0.5) is 0 Å². The fourth-order valence-corrected chi connectivity index (χ4v) is 20.8. The van der Waals surface area contributed by atoms with Gasteiger partial charge < -0.3 is 9.47 Å². The van der Waals surface area contributed by atoms with E-state index >= 15 is 0 Å². The lowest BCUT2D eigenvalue weighted by Crippen LogP contribution is -2.68. The molecule has 0 amide bonds. The zero-order chi connectivity index (χ0) is 42.0. The lowest BCUT2D eigenvalue weighted by Gasteiger charge is -2.73. The molecule has 3 aromatic rings. The van der Waals surface area contributed by atoms with Crippen LogP contribution < -0.4 is 15.9 Å². The average molecular weight is 818 g/mol. The van der Waals surface area contributed by atoms with Crippen molar-refractivity contribution in [1.82, 2.24) is 0 Å². The zero-order valence-electron chi connectivity index (χ0n) is 37.8. The molecule has 11 atom stereocenters. The van der Waals surface area contributed by atoms with Gasteiger partial charge in [-0.2, -0.15) is 0 Å². The van der Waals surface area contributed by atoms with E-state index in [1.807, 2.05) is 0 Å². The number of carbonyl (C=O) groups is 2.